The summed E-state index contributed by atoms with van der Waals surface area (Å²) in [6.45, 7) is 0.372. The van der Waals surface area contributed by atoms with Crippen LogP contribution >= 0.6 is 23.2 Å². The topological polar surface area (TPSA) is 29.1 Å². The van der Waals surface area contributed by atoms with E-state index >= 15 is 0 Å². The van der Waals surface area contributed by atoms with Gasteiger partial charge in [0.1, 0.15) is 11.6 Å². The Morgan fingerprint density at radius 3 is 2.68 bits per heavy atom. The van der Waals surface area contributed by atoms with Crippen LogP contribution in [0.3, 0.4) is 0 Å². The van der Waals surface area contributed by atoms with Crippen LogP contribution in [0.5, 0.6) is 0 Å². The van der Waals surface area contributed by atoms with Crippen LogP contribution in [-0.4, -0.2) is 17.8 Å². The number of alkyl halides is 1. The Bertz CT molecular complexity index is 496. The molecule has 2 atom stereocenters. The highest BCUT2D eigenvalue weighted by molar-refractivity contribution is 6.30. The average molecular weight is 308 g/mol. The van der Waals surface area contributed by atoms with Gasteiger partial charge in [-0.2, -0.15) is 0 Å². The number of hydrogen-bond acceptors (Lipinski definition) is 1. The van der Waals surface area contributed by atoms with Crippen molar-refractivity contribution in [2.75, 3.05) is 6.54 Å². The van der Waals surface area contributed by atoms with Crippen LogP contribution in [0.2, 0.25) is 5.02 Å². The first-order chi connectivity index (χ1) is 8.99. The maximum atomic E-state index is 13.5. The first kappa shape index (κ1) is 14.5. The predicted octanol–water partition coefficient (Wildman–Crippen LogP) is 3.76. The lowest BCUT2D eigenvalue weighted by Gasteiger charge is -2.14. The summed E-state index contributed by atoms with van der Waals surface area (Å²) in [4.78, 5) is 11.8. The van der Waals surface area contributed by atoms with E-state index in [0.29, 0.717) is 6.54 Å². The molecule has 0 bridgehead atoms. The first-order valence-electron chi connectivity index (χ1n) is 6.06. The normalized spacial score (nSPS) is 22.5. The van der Waals surface area contributed by atoms with E-state index in [1.807, 2.05) is 0 Å². The molecule has 104 valence electrons. The van der Waals surface area contributed by atoms with Crippen molar-refractivity contribution in [3.63, 3.8) is 0 Å². The Hall–Kier alpha value is -0.870. The van der Waals surface area contributed by atoms with Crippen LogP contribution in [0, 0.1) is 17.6 Å². The van der Waals surface area contributed by atoms with Gasteiger partial charge in [0.05, 0.1) is 10.6 Å². The van der Waals surface area contributed by atoms with E-state index in [0.717, 1.165) is 31.4 Å². The van der Waals surface area contributed by atoms with E-state index < -0.39 is 17.5 Å². The molecule has 0 aliphatic heterocycles. The molecule has 1 aliphatic rings. The van der Waals surface area contributed by atoms with Gasteiger partial charge < -0.3 is 5.32 Å². The minimum absolute atomic E-state index is 0.0344. The molecule has 0 heterocycles. The van der Waals surface area contributed by atoms with Crippen molar-refractivity contribution in [3.8, 4) is 0 Å². The number of carbonyl (C=O) groups excluding carboxylic acids is 1. The lowest BCUT2D eigenvalue weighted by molar-refractivity contribution is 0.0943. The van der Waals surface area contributed by atoms with Crippen LogP contribution < -0.4 is 5.32 Å². The zero-order valence-electron chi connectivity index (χ0n) is 10.1. The zero-order chi connectivity index (χ0) is 14.0. The van der Waals surface area contributed by atoms with E-state index in [-0.39, 0.29) is 21.9 Å². The summed E-state index contributed by atoms with van der Waals surface area (Å²) in [5.41, 5.74) is -0.342. The molecule has 0 spiro atoms. The Balaban J connectivity index is 2.02. The summed E-state index contributed by atoms with van der Waals surface area (Å²) in [7, 11) is 0. The monoisotopic (exact) mass is 307 g/mol. The highest BCUT2D eigenvalue weighted by Crippen LogP contribution is 2.29. The molecular weight excluding hydrogens is 295 g/mol. The van der Waals surface area contributed by atoms with Gasteiger partial charge in [-0.25, -0.2) is 8.78 Å². The SMILES string of the molecule is O=C(NCC1CCCC1Cl)c1cc(F)c(Cl)cc1F. The molecule has 2 rings (SSSR count). The molecule has 0 aromatic heterocycles. The van der Waals surface area contributed by atoms with E-state index in [9.17, 15) is 13.6 Å². The van der Waals surface area contributed by atoms with Gasteiger partial charge in [-0.3, -0.25) is 4.79 Å². The van der Waals surface area contributed by atoms with Gasteiger partial charge in [0.15, 0.2) is 0 Å². The molecule has 1 aromatic carbocycles. The van der Waals surface area contributed by atoms with Gasteiger partial charge in [-0.15, -0.1) is 11.6 Å². The van der Waals surface area contributed by atoms with Crippen molar-refractivity contribution in [2.24, 2.45) is 5.92 Å². The number of benzene rings is 1. The standard InChI is InChI=1S/C13H13Cl2F2NO/c14-9-3-1-2-7(9)6-18-13(19)8-4-12(17)10(15)5-11(8)16/h4-5,7,9H,1-3,6H2,(H,18,19). The molecule has 0 radical (unpaired) electrons. The molecule has 19 heavy (non-hydrogen) atoms. The van der Waals surface area contributed by atoms with Crippen LogP contribution in [0.1, 0.15) is 29.6 Å². The van der Waals surface area contributed by atoms with Crippen molar-refractivity contribution in [1.29, 1.82) is 0 Å². The molecule has 2 unspecified atom stereocenters. The highest BCUT2D eigenvalue weighted by atomic mass is 35.5. The number of rotatable bonds is 3. The summed E-state index contributed by atoms with van der Waals surface area (Å²) in [5.74, 6) is -2.11. The van der Waals surface area contributed by atoms with Gasteiger partial charge >= 0.3 is 0 Å². The Morgan fingerprint density at radius 1 is 1.32 bits per heavy atom. The third-order valence-electron chi connectivity index (χ3n) is 3.35. The van der Waals surface area contributed by atoms with E-state index in [1.54, 1.807) is 0 Å². The molecule has 1 aliphatic carbocycles. The fourth-order valence-corrected chi connectivity index (χ4v) is 2.76. The maximum absolute atomic E-state index is 13.5. The van der Waals surface area contributed by atoms with Gasteiger partial charge in [0, 0.05) is 11.9 Å². The predicted molar refractivity (Wildman–Crippen MR) is 70.7 cm³/mol. The van der Waals surface area contributed by atoms with Crippen molar-refractivity contribution in [3.05, 3.63) is 34.4 Å². The number of halogens is 4. The van der Waals surface area contributed by atoms with Crippen LogP contribution in [0.15, 0.2) is 12.1 Å². The van der Waals surface area contributed by atoms with Gasteiger partial charge in [0.2, 0.25) is 0 Å². The molecule has 2 nitrogen and oxygen atoms in total. The third-order valence-corrected chi connectivity index (χ3v) is 4.21. The van der Waals surface area contributed by atoms with E-state index in [2.05, 4.69) is 5.32 Å². The molecule has 0 saturated heterocycles. The van der Waals surface area contributed by atoms with Gasteiger partial charge in [0.25, 0.3) is 5.91 Å². The molecule has 1 N–H and O–H groups in total. The zero-order valence-corrected chi connectivity index (χ0v) is 11.6. The number of hydrogen-bond donors (Lipinski definition) is 1. The maximum Gasteiger partial charge on any atom is 0.254 e. The molecule has 1 fully saturated rings. The van der Waals surface area contributed by atoms with Crippen LogP contribution in [0.25, 0.3) is 0 Å². The lowest BCUT2D eigenvalue weighted by atomic mass is 10.1. The Morgan fingerprint density at radius 2 is 2.05 bits per heavy atom. The largest absolute Gasteiger partial charge is 0.352 e. The number of nitrogens with one attached hydrogen (secondary N) is 1. The second kappa shape index (κ2) is 6.06. The lowest BCUT2D eigenvalue weighted by Crippen LogP contribution is -2.31. The van der Waals surface area contributed by atoms with Crippen molar-refractivity contribution < 1.29 is 13.6 Å². The Kier molecular flexibility index (Phi) is 4.63. The molecule has 1 saturated carbocycles. The highest BCUT2D eigenvalue weighted by Gasteiger charge is 2.26. The number of carbonyl (C=O) groups is 1. The van der Waals surface area contributed by atoms with E-state index in [1.165, 1.54) is 0 Å². The van der Waals surface area contributed by atoms with Crippen LogP contribution in [0.4, 0.5) is 8.78 Å². The second-order valence-corrected chi connectivity index (χ2v) is 5.63. The summed E-state index contributed by atoms with van der Waals surface area (Å²) in [6.07, 6.45) is 2.89. The minimum atomic E-state index is -0.835. The van der Waals surface area contributed by atoms with Crippen molar-refractivity contribution in [1.82, 2.24) is 5.32 Å². The van der Waals surface area contributed by atoms with Gasteiger partial charge in [-0.05, 0) is 30.9 Å². The average Bonchev–Trinajstić information content (AvgIpc) is 2.76. The van der Waals surface area contributed by atoms with Crippen LogP contribution in [-0.2, 0) is 0 Å². The van der Waals surface area contributed by atoms with Crippen molar-refractivity contribution >= 4 is 29.1 Å². The molecule has 1 amide bonds. The summed E-state index contributed by atoms with van der Waals surface area (Å²) < 4.78 is 26.7. The summed E-state index contributed by atoms with van der Waals surface area (Å²) in [6, 6.07) is 1.60. The van der Waals surface area contributed by atoms with Gasteiger partial charge in [-0.1, -0.05) is 18.0 Å². The second-order valence-electron chi connectivity index (χ2n) is 4.66. The Labute approximate surface area is 120 Å². The van der Waals surface area contributed by atoms with E-state index in [4.69, 9.17) is 23.2 Å². The molecular formula is C13H13Cl2F2NO. The first-order valence-corrected chi connectivity index (χ1v) is 6.87. The smallest absolute Gasteiger partial charge is 0.254 e. The summed E-state index contributed by atoms with van der Waals surface area (Å²) >= 11 is 11.5. The fourth-order valence-electron chi connectivity index (χ4n) is 2.24. The fraction of sp³-hybridized carbons (Fsp3) is 0.462. The molecule has 1 aromatic rings. The molecule has 6 heteroatoms. The quantitative estimate of drug-likeness (QED) is 0.668. The summed E-state index contributed by atoms with van der Waals surface area (Å²) in [5, 5.41) is 2.28. The third kappa shape index (κ3) is 3.37. The minimum Gasteiger partial charge on any atom is -0.352 e. The number of amides is 1. The van der Waals surface area contributed by atoms with Crippen molar-refractivity contribution in [2.45, 2.75) is 24.6 Å².